The van der Waals surface area contributed by atoms with E-state index in [4.69, 9.17) is 20.8 Å². The Morgan fingerprint density at radius 3 is 2.56 bits per heavy atom. The molecule has 0 atom stereocenters. The third kappa shape index (κ3) is 4.03. The van der Waals surface area contributed by atoms with Crippen LogP contribution in [-0.4, -0.2) is 20.7 Å². The Bertz CT molecular complexity index is 1080. The molecular formula is C15H10ClF3N2O5S. The second-order valence-electron chi connectivity index (χ2n) is 5.14. The first-order valence-electron chi connectivity index (χ1n) is 7.10. The lowest BCUT2D eigenvalue weighted by Gasteiger charge is -2.10. The van der Waals surface area contributed by atoms with E-state index in [1.54, 1.807) is 0 Å². The van der Waals surface area contributed by atoms with Crippen LogP contribution in [0, 0.1) is 0 Å². The Morgan fingerprint density at radius 1 is 1.19 bits per heavy atom. The minimum absolute atomic E-state index is 0.0590. The molecule has 3 aromatic rings. The number of rotatable bonds is 5. The molecule has 144 valence electrons. The monoisotopic (exact) mass is 422 g/mol. The maximum atomic E-state index is 12.6. The smallest absolute Gasteiger partial charge is 0.452 e. The Hall–Kier alpha value is -2.66. The Labute approximate surface area is 155 Å². The normalized spacial score (nSPS) is 12.2. The van der Waals surface area contributed by atoms with Crippen LogP contribution >= 0.6 is 11.6 Å². The third-order valence-corrected chi connectivity index (χ3v) is 4.77. The molecule has 0 bridgehead atoms. The van der Waals surface area contributed by atoms with Gasteiger partial charge in [0.05, 0.1) is 12.8 Å². The number of anilines is 1. The van der Waals surface area contributed by atoms with E-state index in [-0.39, 0.29) is 27.9 Å². The van der Waals surface area contributed by atoms with Crippen molar-refractivity contribution in [2.45, 2.75) is 11.3 Å². The molecule has 0 saturated heterocycles. The predicted molar refractivity (Wildman–Crippen MR) is 88.0 cm³/mol. The molecule has 2 aromatic heterocycles. The molecule has 27 heavy (non-hydrogen) atoms. The van der Waals surface area contributed by atoms with Gasteiger partial charge < -0.3 is 13.7 Å². The Morgan fingerprint density at radius 2 is 1.93 bits per heavy atom. The van der Waals surface area contributed by atoms with E-state index in [1.165, 1.54) is 25.3 Å². The molecular weight excluding hydrogens is 413 g/mol. The van der Waals surface area contributed by atoms with Crippen molar-refractivity contribution < 1.29 is 35.3 Å². The molecule has 0 saturated carbocycles. The third-order valence-electron chi connectivity index (χ3n) is 3.29. The van der Waals surface area contributed by atoms with Gasteiger partial charge in [-0.1, -0.05) is 16.8 Å². The zero-order chi connectivity index (χ0) is 19.8. The highest BCUT2D eigenvalue weighted by molar-refractivity contribution is 7.92. The number of ether oxygens (including phenoxy) is 1. The lowest BCUT2D eigenvalue weighted by Crippen LogP contribution is -2.12. The van der Waals surface area contributed by atoms with Crippen LogP contribution in [0.3, 0.4) is 0 Å². The van der Waals surface area contributed by atoms with E-state index in [0.29, 0.717) is 6.07 Å². The molecule has 0 amide bonds. The van der Waals surface area contributed by atoms with Crippen molar-refractivity contribution in [2.75, 3.05) is 11.8 Å². The van der Waals surface area contributed by atoms with Crippen LogP contribution < -0.4 is 9.46 Å². The summed E-state index contributed by atoms with van der Waals surface area (Å²) in [5.41, 5.74) is -0.243. The lowest BCUT2D eigenvalue weighted by molar-refractivity contribution is -0.155. The average Bonchev–Trinajstić information content (AvgIpc) is 3.24. The van der Waals surface area contributed by atoms with Gasteiger partial charge in [0.1, 0.15) is 11.4 Å². The number of hydrogen-bond acceptors (Lipinski definition) is 6. The van der Waals surface area contributed by atoms with Crippen LogP contribution in [0.1, 0.15) is 5.76 Å². The highest BCUT2D eigenvalue weighted by Crippen LogP contribution is 2.34. The molecule has 1 N–H and O–H groups in total. The first-order valence-corrected chi connectivity index (χ1v) is 8.97. The van der Waals surface area contributed by atoms with E-state index in [1.807, 2.05) is 0 Å². The summed E-state index contributed by atoms with van der Waals surface area (Å²) < 4.78 is 79.2. The van der Waals surface area contributed by atoms with Crippen molar-refractivity contribution in [3.05, 3.63) is 47.2 Å². The minimum atomic E-state index is -4.72. The molecule has 1 aromatic carbocycles. The van der Waals surface area contributed by atoms with Crippen LogP contribution in [0.2, 0.25) is 5.02 Å². The molecule has 7 nitrogen and oxygen atoms in total. The van der Waals surface area contributed by atoms with Gasteiger partial charge in [-0.05, 0) is 30.3 Å². The molecule has 3 rings (SSSR count). The molecule has 0 radical (unpaired) electrons. The highest BCUT2D eigenvalue weighted by Gasteiger charge is 2.36. The molecule has 2 heterocycles. The van der Waals surface area contributed by atoms with Gasteiger partial charge in [0.15, 0.2) is 5.76 Å². The van der Waals surface area contributed by atoms with Crippen molar-refractivity contribution in [3.63, 3.8) is 0 Å². The minimum Gasteiger partial charge on any atom is -0.495 e. The fourth-order valence-electron chi connectivity index (χ4n) is 2.08. The van der Waals surface area contributed by atoms with Gasteiger partial charge in [0, 0.05) is 11.1 Å². The summed E-state index contributed by atoms with van der Waals surface area (Å²) in [5.74, 6) is -1.34. The quantitative estimate of drug-likeness (QED) is 0.654. The predicted octanol–water partition coefficient (Wildman–Crippen LogP) is 4.42. The largest absolute Gasteiger partial charge is 0.495 e. The number of sulfonamides is 1. The number of hydrogen-bond donors (Lipinski definition) is 1. The first-order chi connectivity index (χ1) is 12.6. The molecule has 0 spiro atoms. The number of alkyl halides is 3. The molecule has 0 aliphatic heterocycles. The number of furan rings is 1. The van der Waals surface area contributed by atoms with Crippen LogP contribution in [-0.2, 0) is 16.2 Å². The summed E-state index contributed by atoms with van der Waals surface area (Å²) in [5, 5.41) is 2.94. The topological polar surface area (TPSA) is 94.6 Å². The Balaban J connectivity index is 1.89. The zero-order valence-corrected chi connectivity index (χ0v) is 14.9. The molecule has 0 fully saturated rings. The van der Waals surface area contributed by atoms with Gasteiger partial charge in [-0.15, -0.1) is 0 Å². The van der Waals surface area contributed by atoms with Gasteiger partial charge in [-0.2, -0.15) is 21.6 Å². The van der Waals surface area contributed by atoms with Gasteiger partial charge >= 0.3 is 6.18 Å². The highest BCUT2D eigenvalue weighted by atomic mass is 35.5. The van der Waals surface area contributed by atoms with Gasteiger partial charge in [-0.25, -0.2) is 0 Å². The summed E-state index contributed by atoms with van der Waals surface area (Å²) in [7, 11) is -2.87. The summed E-state index contributed by atoms with van der Waals surface area (Å²) >= 11 is 5.85. The van der Waals surface area contributed by atoms with Crippen LogP contribution in [0.5, 0.6) is 5.75 Å². The van der Waals surface area contributed by atoms with Gasteiger partial charge in [-0.3, -0.25) is 4.72 Å². The maximum Gasteiger partial charge on any atom is 0.452 e. The van der Waals surface area contributed by atoms with Crippen LogP contribution in [0.15, 0.2) is 50.4 Å². The second-order valence-corrected chi connectivity index (χ2v) is 7.19. The number of benzene rings is 1. The molecule has 0 unspecified atom stereocenters. The fourth-order valence-corrected chi connectivity index (χ4v) is 3.25. The number of halogens is 4. The fraction of sp³-hybridized carbons (Fsp3) is 0.133. The van der Waals surface area contributed by atoms with E-state index >= 15 is 0 Å². The van der Waals surface area contributed by atoms with E-state index in [2.05, 4.69) is 14.4 Å². The van der Waals surface area contributed by atoms with Crippen LogP contribution in [0.4, 0.5) is 18.9 Å². The maximum absolute atomic E-state index is 12.6. The number of methoxy groups -OCH3 is 1. The zero-order valence-electron chi connectivity index (χ0n) is 13.4. The van der Waals surface area contributed by atoms with E-state index in [9.17, 15) is 21.6 Å². The van der Waals surface area contributed by atoms with Gasteiger partial charge in [0.2, 0.25) is 10.9 Å². The second kappa shape index (κ2) is 6.82. The van der Waals surface area contributed by atoms with Crippen molar-refractivity contribution in [2.24, 2.45) is 0 Å². The standard InChI is InChI=1S/C15H10ClF3N2O5S/c1-24-11-3-2-8(16)6-10(11)21-27(22,23)14-5-4-12(25-14)9-7-13(26-20-9)15(17,18)19/h2-7,21H,1H3. The number of aromatic nitrogens is 1. The van der Waals surface area contributed by atoms with Crippen molar-refractivity contribution >= 4 is 27.3 Å². The summed E-state index contributed by atoms with van der Waals surface area (Å²) in [6, 6.07) is 7.11. The number of nitrogens with zero attached hydrogens (tertiary/aromatic N) is 1. The van der Waals surface area contributed by atoms with Crippen molar-refractivity contribution in [3.8, 4) is 17.2 Å². The van der Waals surface area contributed by atoms with Crippen molar-refractivity contribution in [1.29, 1.82) is 0 Å². The first kappa shape index (κ1) is 19.1. The summed E-state index contributed by atoms with van der Waals surface area (Å²) in [4.78, 5) is 0. The summed E-state index contributed by atoms with van der Waals surface area (Å²) in [6.07, 6.45) is -4.72. The summed E-state index contributed by atoms with van der Waals surface area (Å²) in [6.45, 7) is 0. The Kier molecular flexibility index (Phi) is 4.82. The van der Waals surface area contributed by atoms with E-state index < -0.39 is 27.1 Å². The molecule has 0 aliphatic rings. The van der Waals surface area contributed by atoms with E-state index in [0.717, 1.165) is 12.1 Å². The lowest BCUT2D eigenvalue weighted by atomic mass is 10.3. The van der Waals surface area contributed by atoms with Gasteiger partial charge in [0.25, 0.3) is 10.0 Å². The average molecular weight is 423 g/mol. The van der Waals surface area contributed by atoms with Crippen LogP contribution in [0.25, 0.3) is 11.5 Å². The molecule has 12 heteroatoms. The van der Waals surface area contributed by atoms with Crippen molar-refractivity contribution in [1.82, 2.24) is 5.16 Å². The molecule has 0 aliphatic carbocycles. The SMILES string of the molecule is COc1ccc(Cl)cc1NS(=O)(=O)c1ccc(-c2cc(C(F)(F)F)on2)o1. The number of nitrogens with one attached hydrogen (secondary N) is 1.